The second-order valence-corrected chi connectivity index (χ2v) is 11.7. The van der Waals surface area contributed by atoms with Crippen molar-refractivity contribution in [1.29, 1.82) is 0 Å². The van der Waals surface area contributed by atoms with Gasteiger partial charge in [0.05, 0.1) is 17.1 Å². The summed E-state index contributed by atoms with van der Waals surface area (Å²) in [6, 6.07) is 8.24. The molecule has 1 aromatic carbocycles. The fourth-order valence-corrected chi connectivity index (χ4v) is 7.44. The predicted octanol–water partition coefficient (Wildman–Crippen LogP) is 3.16. The molecule has 11 nitrogen and oxygen atoms in total. The maximum atomic E-state index is 13.7. The van der Waals surface area contributed by atoms with Gasteiger partial charge in [-0.05, 0) is 44.7 Å². The van der Waals surface area contributed by atoms with Crippen LogP contribution in [0.25, 0.3) is 0 Å². The van der Waals surface area contributed by atoms with Crippen LogP contribution in [0, 0.1) is 17.3 Å². The Morgan fingerprint density at radius 2 is 1.41 bits per heavy atom. The number of esters is 5. The van der Waals surface area contributed by atoms with Crippen LogP contribution in [0.2, 0.25) is 0 Å². The standard InChI is InChI=1S/C30H38O11/c1-16-13-14-22(37-18(3)32)29(15-36-17(2)31)26(40-27(35)21-11-9-8-10-12-21)24(38-19(4)33)23-25(39-20(5)34)30(16,29)41-28(23,6)7/h8-12,16,22-26H,13-15H2,1-7H3/t16-,22+,23-,24-,25-,26-,29+,30-/m1/s1. The zero-order chi connectivity index (χ0) is 30.3. The molecule has 2 saturated carbocycles. The predicted molar refractivity (Wildman–Crippen MR) is 141 cm³/mol. The third-order valence-corrected chi connectivity index (χ3v) is 8.70. The minimum absolute atomic E-state index is 0.230. The maximum absolute atomic E-state index is 13.7. The monoisotopic (exact) mass is 574 g/mol. The van der Waals surface area contributed by atoms with Gasteiger partial charge in [0.2, 0.25) is 0 Å². The van der Waals surface area contributed by atoms with Crippen molar-refractivity contribution in [3.8, 4) is 0 Å². The van der Waals surface area contributed by atoms with Crippen molar-refractivity contribution in [2.24, 2.45) is 17.3 Å². The molecule has 41 heavy (non-hydrogen) atoms. The van der Waals surface area contributed by atoms with E-state index in [2.05, 4.69) is 0 Å². The maximum Gasteiger partial charge on any atom is 0.338 e. The highest BCUT2D eigenvalue weighted by Gasteiger charge is 2.84. The Morgan fingerprint density at radius 3 is 1.98 bits per heavy atom. The summed E-state index contributed by atoms with van der Waals surface area (Å²) in [5, 5.41) is 0. The molecule has 2 bridgehead atoms. The van der Waals surface area contributed by atoms with Gasteiger partial charge >= 0.3 is 29.8 Å². The number of carbonyl (C=O) groups excluding carboxylic acids is 5. The minimum atomic E-state index is -1.64. The first-order valence-corrected chi connectivity index (χ1v) is 13.8. The molecule has 0 N–H and O–H groups in total. The van der Waals surface area contributed by atoms with E-state index in [4.69, 9.17) is 28.4 Å². The van der Waals surface area contributed by atoms with Crippen LogP contribution in [-0.4, -0.2) is 72.1 Å². The van der Waals surface area contributed by atoms with Crippen LogP contribution in [0.1, 0.15) is 71.7 Å². The van der Waals surface area contributed by atoms with Gasteiger partial charge in [0, 0.05) is 27.7 Å². The summed E-state index contributed by atoms with van der Waals surface area (Å²) >= 11 is 0. The molecule has 4 rings (SSSR count). The average molecular weight is 575 g/mol. The third-order valence-electron chi connectivity index (χ3n) is 8.70. The molecule has 1 spiro atoms. The Kier molecular flexibility index (Phi) is 8.23. The first kappa shape index (κ1) is 30.5. The summed E-state index contributed by atoms with van der Waals surface area (Å²) in [7, 11) is 0. The van der Waals surface area contributed by atoms with Crippen molar-refractivity contribution in [1.82, 2.24) is 0 Å². The molecule has 1 heterocycles. The molecule has 0 radical (unpaired) electrons. The van der Waals surface area contributed by atoms with Gasteiger partial charge < -0.3 is 28.4 Å². The van der Waals surface area contributed by atoms with Crippen molar-refractivity contribution in [2.75, 3.05) is 6.61 Å². The van der Waals surface area contributed by atoms with E-state index in [1.165, 1.54) is 27.7 Å². The van der Waals surface area contributed by atoms with E-state index in [0.29, 0.717) is 6.42 Å². The molecule has 1 aromatic rings. The summed E-state index contributed by atoms with van der Waals surface area (Å²) < 4.78 is 36.7. The third kappa shape index (κ3) is 5.09. The fourth-order valence-electron chi connectivity index (χ4n) is 7.44. The lowest BCUT2D eigenvalue weighted by Gasteiger charge is -2.63. The van der Waals surface area contributed by atoms with Gasteiger partial charge in [-0.3, -0.25) is 19.2 Å². The van der Waals surface area contributed by atoms with Gasteiger partial charge in [0.25, 0.3) is 0 Å². The van der Waals surface area contributed by atoms with E-state index in [1.807, 2.05) is 6.92 Å². The Labute approximate surface area is 239 Å². The number of carbonyl (C=O) groups is 5. The zero-order valence-corrected chi connectivity index (χ0v) is 24.5. The first-order chi connectivity index (χ1) is 19.2. The fraction of sp³-hybridized carbons (Fsp3) is 0.633. The van der Waals surface area contributed by atoms with Gasteiger partial charge in [-0.1, -0.05) is 25.1 Å². The lowest BCUT2D eigenvalue weighted by atomic mass is 9.47. The van der Waals surface area contributed by atoms with Gasteiger partial charge in [0.1, 0.15) is 35.9 Å². The van der Waals surface area contributed by atoms with E-state index < -0.39 is 83.4 Å². The number of ether oxygens (including phenoxy) is 6. The summed E-state index contributed by atoms with van der Waals surface area (Å²) in [4.78, 5) is 63.7. The first-order valence-electron chi connectivity index (χ1n) is 13.8. The van der Waals surface area contributed by atoms with Crippen molar-refractivity contribution >= 4 is 29.8 Å². The molecule has 3 fully saturated rings. The van der Waals surface area contributed by atoms with Crippen LogP contribution >= 0.6 is 0 Å². The Balaban J connectivity index is 2.06. The van der Waals surface area contributed by atoms with Crippen LogP contribution in [0.3, 0.4) is 0 Å². The van der Waals surface area contributed by atoms with E-state index in [9.17, 15) is 24.0 Å². The topological polar surface area (TPSA) is 141 Å². The zero-order valence-electron chi connectivity index (χ0n) is 24.5. The summed E-state index contributed by atoms with van der Waals surface area (Å²) in [6.07, 6.45) is -3.85. The molecule has 0 unspecified atom stereocenters. The number of rotatable bonds is 7. The number of benzene rings is 1. The summed E-state index contributed by atoms with van der Waals surface area (Å²) in [5.74, 6) is -4.44. The van der Waals surface area contributed by atoms with Crippen LogP contribution in [-0.2, 0) is 47.6 Å². The van der Waals surface area contributed by atoms with Crippen molar-refractivity contribution in [3.05, 3.63) is 35.9 Å². The molecule has 224 valence electrons. The van der Waals surface area contributed by atoms with Gasteiger partial charge in [-0.25, -0.2) is 4.79 Å². The summed E-state index contributed by atoms with van der Waals surface area (Å²) in [5.41, 5.74) is -3.98. The molecule has 1 aliphatic heterocycles. The lowest BCUT2D eigenvalue weighted by molar-refractivity contribution is -0.314. The van der Waals surface area contributed by atoms with E-state index in [0.717, 1.165) is 0 Å². The van der Waals surface area contributed by atoms with E-state index >= 15 is 0 Å². The molecular weight excluding hydrogens is 536 g/mol. The SMILES string of the molecule is CC(=O)OC[C@@]12[C@@H](OC(C)=O)CC[C@@H](C)[C@]13OC(C)(C)[C@H]([C@@H](OC(C)=O)[C@H]2OC(=O)c1ccccc1)[C@H]3OC(C)=O. The Morgan fingerprint density at radius 1 is 0.805 bits per heavy atom. The van der Waals surface area contributed by atoms with Crippen LogP contribution < -0.4 is 0 Å². The second kappa shape index (κ2) is 11.1. The number of hydrogen-bond acceptors (Lipinski definition) is 11. The van der Waals surface area contributed by atoms with E-state index in [1.54, 1.807) is 44.2 Å². The molecule has 8 atom stereocenters. The lowest BCUT2D eigenvalue weighted by Crippen LogP contribution is -2.79. The van der Waals surface area contributed by atoms with Crippen LogP contribution in [0.4, 0.5) is 0 Å². The number of hydrogen-bond donors (Lipinski definition) is 0. The van der Waals surface area contributed by atoms with Gasteiger partial charge in [0.15, 0.2) is 6.10 Å². The molecular formula is C30H38O11. The Hall–Kier alpha value is -3.47. The molecule has 11 heteroatoms. The molecule has 0 amide bonds. The van der Waals surface area contributed by atoms with Crippen molar-refractivity contribution in [2.45, 2.75) is 96.9 Å². The highest BCUT2D eigenvalue weighted by atomic mass is 16.6. The largest absolute Gasteiger partial charge is 0.465 e. The van der Waals surface area contributed by atoms with Gasteiger partial charge in [-0.2, -0.15) is 0 Å². The smallest absolute Gasteiger partial charge is 0.338 e. The summed E-state index contributed by atoms with van der Waals surface area (Å²) in [6.45, 7) is 9.97. The molecule has 2 aliphatic carbocycles. The van der Waals surface area contributed by atoms with Crippen molar-refractivity contribution in [3.63, 3.8) is 0 Å². The second-order valence-electron chi connectivity index (χ2n) is 11.7. The molecule has 3 aliphatic rings. The molecule has 1 saturated heterocycles. The van der Waals surface area contributed by atoms with Crippen LogP contribution in [0.5, 0.6) is 0 Å². The highest BCUT2D eigenvalue weighted by Crippen LogP contribution is 2.68. The van der Waals surface area contributed by atoms with Crippen molar-refractivity contribution < 1.29 is 52.4 Å². The Bertz CT molecular complexity index is 1210. The highest BCUT2D eigenvalue weighted by molar-refractivity contribution is 5.89. The quantitative estimate of drug-likeness (QED) is 0.350. The average Bonchev–Trinajstić information content (AvgIpc) is 3.06. The van der Waals surface area contributed by atoms with Gasteiger partial charge in [-0.15, -0.1) is 0 Å². The van der Waals surface area contributed by atoms with Crippen LogP contribution in [0.15, 0.2) is 30.3 Å². The minimum Gasteiger partial charge on any atom is -0.465 e. The normalized spacial score (nSPS) is 34.9. The van der Waals surface area contributed by atoms with E-state index in [-0.39, 0.29) is 17.9 Å². The number of fused-ring (bicyclic) bond motifs is 1. The molecule has 0 aromatic heterocycles.